The molecule has 5 nitrogen and oxygen atoms in total. The van der Waals surface area contributed by atoms with Gasteiger partial charge in [-0.3, -0.25) is 9.59 Å². The predicted molar refractivity (Wildman–Crippen MR) is 125 cm³/mol. The normalized spacial score (nSPS) is 43.3. The van der Waals surface area contributed by atoms with Crippen LogP contribution in [0.3, 0.4) is 0 Å². The second-order valence-electron chi connectivity index (χ2n) is 12.0. The number of nitrogens with zero attached hydrogens (tertiary/aromatic N) is 1. The Morgan fingerprint density at radius 1 is 1.12 bits per heavy atom. The van der Waals surface area contributed by atoms with Crippen LogP contribution in [0.2, 0.25) is 0 Å². The van der Waals surface area contributed by atoms with Gasteiger partial charge in [-0.15, -0.1) is 0 Å². The summed E-state index contributed by atoms with van der Waals surface area (Å²) in [5.74, 6) is 3.02. The van der Waals surface area contributed by atoms with Gasteiger partial charge in [0, 0.05) is 45.1 Å². The lowest BCUT2D eigenvalue weighted by Gasteiger charge is -2.61. The van der Waals surface area contributed by atoms with E-state index in [0.717, 1.165) is 51.4 Å². The van der Waals surface area contributed by atoms with E-state index >= 15 is 0 Å². The number of fused-ring (bicyclic) bond motifs is 5. The fourth-order valence-corrected chi connectivity index (χ4v) is 8.44. The average Bonchev–Trinajstić information content (AvgIpc) is 3.05. The summed E-state index contributed by atoms with van der Waals surface area (Å²) in [4.78, 5) is 26.8. The summed E-state index contributed by atoms with van der Waals surface area (Å²) in [5.41, 5.74) is -0.581. The van der Waals surface area contributed by atoms with Crippen molar-refractivity contribution in [3.05, 3.63) is 0 Å². The first-order chi connectivity index (χ1) is 15.1. The molecule has 0 aliphatic heterocycles. The van der Waals surface area contributed by atoms with Gasteiger partial charge in [0.2, 0.25) is 5.91 Å². The number of ketones is 1. The number of rotatable bonds is 7. The molecule has 0 heterocycles. The third-order valence-electron chi connectivity index (χ3n) is 10.4. The predicted octanol–water partition coefficient (Wildman–Crippen LogP) is 4.60. The first kappa shape index (κ1) is 24.2. The quantitative estimate of drug-likeness (QED) is 0.579. The van der Waals surface area contributed by atoms with E-state index in [0.29, 0.717) is 55.8 Å². The van der Waals surface area contributed by atoms with Crippen molar-refractivity contribution in [3.8, 4) is 0 Å². The third kappa shape index (κ3) is 4.17. The molecule has 182 valence electrons. The first-order valence-electron chi connectivity index (χ1n) is 13.2. The van der Waals surface area contributed by atoms with E-state index in [1.165, 1.54) is 12.8 Å². The molecule has 7 atom stereocenters. The van der Waals surface area contributed by atoms with E-state index in [-0.39, 0.29) is 16.7 Å². The van der Waals surface area contributed by atoms with Crippen LogP contribution < -0.4 is 0 Å². The SMILES string of the molecule is CCOCCCN(C[C@@]1(O)CC[C@@]2(C)[C@@H](CC[C@@H]3[C@@H]2CC[C@]2(C)C(=O)CC[C@@H]32)C1)C(C)=O. The van der Waals surface area contributed by atoms with Crippen molar-refractivity contribution in [2.24, 2.45) is 34.5 Å². The van der Waals surface area contributed by atoms with Crippen LogP contribution >= 0.6 is 0 Å². The van der Waals surface area contributed by atoms with Crippen molar-refractivity contribution in [2.75, 3.05) is 26.3 Å². The molecule has 1 N–H and O–H groups in total. The summed E-state index contributed by atoms with van der Waals surface area (Å²) in [6, 6.07) is 0. The zero-order valence-electron chi connectivity index (χ0n) is 20.8. The molecule has 4 rings (SSSR count). The van der Waals surface area contributed by atoms with Gasteiger partial charge in [-0.25, -0.2) is 0 Å². The maximum Gasteiger partial charge on any atom is 0.219 e. The van der Waals surface area contributed by atoms with Crippen LogP contribution in [0.1, 0.15) is 91.9 Å². The molecular formula is C27H45NO4. The van der Waals surface area contributed by atoms with E-state index in [4.69, 9.17) is 4.74 Å². The molecule has 0 aromatic heterocycles. The van der Waals surface area contributed by atoms with Gasteiger partial charge in [-0.1, -0.05) is 13.8 Å². The summed E-state index contributed by atoms with van der Waals surface area (Å²) in [5, 5.41) is 11.6. The zero-order valence-corrected chi connectivity index (χ0v) is 20.8. The molecule has 4 aliphatic carbocycles. The molecular weight excluding hydrogens is 402 g/mol. The van der Waals surface area contributed by atoms with Crippen molar-refractivity contribution in [2.45, 2.75) is 97.5 Å². The van der Waals surface area contributed by atoms with Gasteiger partial charge in [-0.2, -0.15) is 0 Å². The lowest BCUT2D eigenvalue weighted by molar-refractivity contribution is -0.160. The molecule has 0 aromatic rings. The van der Waals surface area contributed by atoms with Gasteiger partial charge in [0.25, 0.3) is 0 Å². The number of aliphatic hydroxyl groups is 1. The van der Waals surface area contributed by atoms with Crippen LogP contribution in [0.15, 0.2) is 0 Å². The Morgan fingerprint density at radius 3 is 2.62 bits per heavy atom. The summed E-state index contributed by atoms with van der Waals surface area (Å²) in [6.45, 7) is 10.8. The van der Waals surface area contributed by atoms with Crippen molar-refractivity contribution in [3.63, 3.8) is 0 Å². The fraction of sp³-hybridized carbons (Fsp3) is 0.926. The minimum absolute atomic E-state index is 0.0458. The average molecular weight is 448 g/mol. The summed E-state index contributed by atoms with van der Waals surface area (Å²) in [7, 11) is 0. The van der Waals surface area contributed by atoms with E-state index in [1.54, 1.807) is 6.92 Å². The highest BCUT2D eigenvalue weighted by molar-refractivity contribution is 5.87. The molecule has 1 amide bonds. The number of hydrogen-bond donors (Lipinski definition) is 1. The lowest BCUT2D eigenvalue weighted by Crippen LogP contribution is -2.58. The summed E-state index contributed by atoms with van der Waals surface area (Å²) < 4.78 is 5.43. The molecule has 0 aromatic carbocycles. The molecule has 4 saturated carbocycles. The van der Waals surface area contributed by atoms with Crippen molar-refractivity contribution in [1.82, 2.24) is 4.90 Å². The number of amides is 1. The van der Waals surface area contributed by atoms with E-state index in [1.807, 2.05) is 11.8 Å². The van der Waals surface area contributed by atoms with Gasteiger partial charge in [0.1, 0.15) is 5.78 Å². The van der Waals surface area contributed by atoms with Gasteiger partial charge < -0.3 is 14.7 Å². The Kier molecular flexibility index (Phi) is 6.82. The van der Waals surface area contributed by atoms with Gasteiger partial charge in [-0.05, 0) is 93.8 Å². The maximum atomic E-state index is 12.6. The highest BCUT2D eigenvalue weighted by Gasteiger charge is 2.61. The first-order valence-corrected chi connectivity index (χ1v) is 13.2. The van der Waals surface area contributed by atoms with Crippen molar-refractivity contribution >= 4 is 11.7 Å². The topological polar surface area (TPSA) is 66.8 Å². The van der Waals surface area contributed by atoms with Crippen molar-refractivity contribution in [1.29, 1.82) is 0 Å². The minimum Gasteiger partial charge on any atom is -0.388 e. The van der Waals surface area contributed by atoms with E-state index in [9.17, 15) is 14.7 Å². The van der Waals surface area contributed by atoms with E-state index < -0.39 is 5.60 Å². The number of hydrogen-bond acceptors (Lipinski definition) is 4. The molecule has 4 aliphatic rings. The van der Waals surface area contributed by atoms with Crippen LogP contribution in [0.25, 0.3) is 0 Å². The summed E-state index contributed by atoms with van der Waals surface area (Å²) in [6.07, 6.45) is 9.91. The smallest absolute Gasteiger partial charge is 0.219 e. The number of Topliss-reactive ketones (excluding diaryl/α,β-unsaturated/α-hetero) is 1. The van der Waals surface area contributed by atoms with Gasteiger partial charge >= 0.3 is 0 Å². The Bertz CT molecular complexity index is 724. The Balaban J connectivity index is 1.43. The number of ether oxygens (including phenoxy) is 1. The summed E-state index contributed by atoms with van der Waals surface area (Å²) >= 11 is 0. The van der Waals surface area contributed by atoms with Crippen LogP contribution in [-0.4, -0.2) is 53.6 Å². The van der Waals surface area contributed by atoms with Crippen LogP contribution in [0.5, 0.6) is 0 Å². The maximum absolute atomic E-state index is 12.6. The third-order valence-corrected chi connectivity index (χ3v) is 10.4. The van der Waals surface area contributed by atoms with E-state index in [2.05, 4.69) is 13.8 Å². The Hall–Kier alpha value is -0.940. The van der Waals surface area contributed by atoms with Gasteiger partial charge in [0.15, 0.2) is 0 Å². The monoisotopic (exact) mass is 447 g/mol. The number of carbonyl (C=O) groups excluding carboxylic acids is 2. The zero-order chi connectivity index (χ0) is 23.1. The molecule has 0 radical (unpaired) electrons. The highest BCUT2D eigenvalue weighted by atomic mass is 16.5. The molecule has 32 heavy (non-hydrogen) atoms. The molecule has 0 bridgehead atoms. The minimum atomic E-state index is -0.777. The standard InChI is InChI=1S/C27H45NO4/c1-5-32-16-6-15-28(19(2)29)18-27(31)14-13-25(3)20(17-27)7-8-21-22-9-10-24(30)26(22,4)12-11-23(21)25/h20-23,31H,5-18H2,1-4H3/t20-,21-,22-,23-,25-,26-,27+/m0/s1. The Labute approximate surface area is 194 Å². The fourth-order valence-electron chi connectivity index (χ4n) is 8.44. The van der Waals surface area contributed by atoms with Gasteiger partial charge in [0.05, 0.1) is 5.60 Å². The molecule has 0 unspecified atom stereocenters. The largest absolute Gasteiger partial charge is 0.388 e. The Morgan fingerprint density at radius 2 is 1.91 bits per heavy atom. The van der Waals surface area contributed by atoms with Crippen LogP contribution in [-0.2, 0) is 14.3 Å². The van der Waals surface area contributed by atoms with Crippen LogP contribution in [0.4, 0.5) is 0 Å². The molecule has 4 fully saturated rings. The second kappa shape index (κ2) is 9.02. The lowest BCUT2D eigenvalue weighted by atomic mass is 9.44. The number of carbonyl (C=O) groups is 2. The highest BCUT2D eigenvalue weighted by Crippen LogP contribution is 2.66. The van der Waals surface area contributed by atoms with Crippen LogP contribution in [0, 0.1) is 34.5 Å². The second-order valence-corrected chi connectivity index (χ2v) is 12.0. The molecule has 5 heteroatoms. The molecule has 0 saturated heterocycles. The molecule has 0 spiro atoms. The van der Waals surface area contributed by atoms with Crippen molar-refractivity contribution < 1.29 is 19.4 Å².